The molecule has 7 heteroatoms. The number of nitrogens with two attached hydrogens (primary N) is 2. The second-order valence-corrected chi connectivity index (χ2v) is 4.37. The number of rotatable bonds is 5. The summed E-state index contributed by atoms with van der Waals surface area (Å²) in [6.45, 7) is -0.713. The zero-order valence-electron chi connectivity index (χ0n) is 10.6. The highest BCUT2D eigenvalue weighted by molar-refractivity contribution is 6.00. The van der Waals surface area contributed by atoms with Gasteiger partial charge in [-0.3, -0.25) is 14.4 Å². The van der Waals surface area contributed by atoms with Crippen LogP contribution < -0.4 is 11.5 Å². The maximum Gasteiger partial charge on any atom is 0.254 e. The van der Waals surface area contributed by atoms with Crippen molar-refractivity contribution >= 4 is 28.6 Å². The van der Waals surface area contributed by atoms with Gasteiger partial charge in [-0.25, -0.2) is 0 Å². The summed E-state index contributed by atoms with van der Waals surface area (Å²) in [4.78, 5) is 38.2. The molecule has 104 valence electrons. The Morgan fingerprint density at radius 1 is 1.05 bits per heavy atom. The number of carbonyl (C=O) groups is 3. The zero-order valence-corrected chi connectivity index (χ0v) is 10.6. The molecule has 20 heavy (non-hydrogen) atoms. The lowest BCUT2D eigenvalue weighted by atomic mass is 10.1. The lowest BCUT2D eigenvalue weighted by Gasteiger charge is -2.19. The van der Waals surface area contributed by atoms with Crippen molar-refractivity contribution in [1.82, 2.24) is 9.88 Å². The Morgan fingerprint density at radius 3 is 2.30 bits per heavy atom. The van der Waals surface area contributed by atoms with Gasteiger partial charge in [0.2, 0.25) is 11.8 Å². The molecule has 0 atom stereocenters. The second-order valence-electron chi connectivity index (χ2n) is 4.37. The molecule has 1 aromatic carbocycles. The maximum atomic E-state index is 12.3. The molecule has 2 aromatic rings. The lowest BCUT2D eigenvalue weighted by molar-refractivity contribution is -0.121. The van der Waals surface area contributed by atoms with Crippen molar-refractivity contribution in [2.24, 2.45) is 11.5 Å². The van der Waals surface area contributed by atoms with Crippen molar-refractivity contribution in [1.29, 1.82) is 0 Å². The Morgan fingerprint density at radius 2 is 1.70 bits per heavy atom. The molecule has 3 amide bonds. The van der Waals surface area contributed by atoms with E-state index in [0.717, 1.165) is 15.8 Å². The van der Waals surface area contributed by atoms with Gasteiger partial charge in [-0.15, -0.1) is 0 Å². The van der Waals surface area contributed by atoms with Crippen molar-refractivity contribution in [3.8, 4) is 0 Å². The molecule has 0 saturated heterocycles. The molecule has 0 fully saturated rings. The van der Waals surface area contributed by atoms with E-state index >= 15 is 0 Å². The largest absolute Gasteiger partial charge is 0.368 e. The topological polar surface area (TPSA) is 122 Å². The van der Waals surface area contributed by atoms with Gasteiger partial charge in [0.05, 0.1) is 0 Å². The van der Waals surface area contributed by atoms with Crippen LogP contribution in [-0.2, 0) is 9.59 Å². The summed E-state index contributed by atoms with van der Waals surface area (Å²) in [6, 6.07) is 6.90. The fourth-order valence-electron chi connectivity index (χ4n) is 1.94. The normalized spacial score (nSPS) is 10.4. The first kappa shape index (κ1) is 13.6. The van der Waals surface area contributed by atoms with Gasteiger partial charge >= 0.3 is 0 Å². The smallest absolute Gasteiger partial charge is 0.254 e. The molecule has 0 unspecified atom stereocenters. The number of aromatic amines is 1. The number of nitrogens with one attached hydrogen (secondary N) is 1. The summed E-state index contributed by atoms with van der Waals surface area (Å²) in [7, 11) is 0. The van der Waals surface area contributed by atoms with Gasteiger partial charge in [-0.05, 0) is 23.6 Å². The Balaban J connectivity index is 2.29. The molecule has 0 spiro atoms. The van der Waals surface area contributed by atoms with Crippen LogP contribution in [0.1, 0.15) is 10.4 Å². The van der Waals surface area contributed by atoms with E-state index in [9.17, 15) is 14.4 Å². The van der Waals surface area contributed by atoms with Crippen molar-refractivity contribution in [3.63, 3.8) is 0 Å². The van der Waals surface area contributed by atoms with Crippen LogP contribution in [-0.4, -0.2) is 40.7 Å². The molecule has 0 aliphatic heterocycles. The summed E-state index contributed by atoms with van der Waals surface area (Å²) in [5.74, 6) is -1.89. The first-order valence-corrected chi connectivity index (χ1v) is 5.90. The molecule has 7 nitrogen and oxygen atoms in total. The summed E-state index contributed by atoms with van der Waals surface area (Å²) in [5, 5.41) is 0.956. The average molecular weight is 274 g/mol. The van der Waals surface area contributed by atoms with Crippen LogP contribution in [0, 0.1) is 0 Å². The number of amides is 3. The molecule has 0 aliphatic rings. The average Bonchev–Trinajstić information content (AvgIpc) is 2.83. The van der Waals surface area contributed by atoms with Crippen molar-refractivity contribution < 1.29 is 14.4 Å². The van der Waals surface area contributed by atoms with E-state index in [0.29, 0.717) is 5.56 Å². The quantitative estimate of drug-likeness (QED) is 0.686. The highest BCUT2D eigenvalue weighted by Crippen LogP contribution is 2.15. The van der Waals surface area contributed by atoms with Gasteiger partial charge in [0.25, 0.3) is 5.91 Å². The number of H-pyrrole nitrogens is 1. The van der Waals surface area contributed by atoms with Crippen molar-refractivity contribution in [2.45, 2.75) is 0 Å². The van der Waals surface area contributed by atoms with Crippen LogP contribution in [0.5, 0.6) is 0 Å². The van der Waals surface area contributed by atoms with Crippen LogP contribution in [0.4, 0.5) is 0 Å². The third kappa shape index (κ3) is 2.94. The molecule has 0 saturated carbocycles. The number of hydrogen-bond acceptors (Lipinski definition) is 3. The lowest BCUT2D eigenvalue weighted by Crippen LogP contribution is -2.43. The van der Waals surface area contributed by atoms with E-state index in [1.165, 1.54) is 0 Å². The Kier molecular flexibility index (Phi) is 3.69. The molecule has 0 aliphatic carbocycles. The maximum absolute atomic E-state index is 12.3. The van der Waals surface area contributed by atoms with Crippen LogP contribution in [0.25, 0.3) is 10.9 Å². The second kappa shape index (κ2) is 5.43. The number of benzene rings is 1. The Bertz CT molecular complexity index is 661. The number of nitrogens with zero attached hydrogens (tertiary/aromatic N) is 1. The number of hydrogen-bond donors (Lipinski definition) is 3. The van der Waals surface area contributed by atoms with Crippen LogP contribution >= 0.6 is 0 Å². The molecule has 1 heterocycles. The van der Waals surface area contributed by atoms with Gasteiger partial charge < -0.3 is 21.4 Å². The SMILES string of the molecule is NC(=O)CN(CC(N)=O)C(=O)c1ccc2cc[nH]c2c1. The molecule has 5 N–H and O–H groups in total. The minimum absolute atomic E-state index is 0.349. The zero-order chi connectivity index (χ0) is 14.7. The first-order chi connectivity index (χ1) is 9.47. The number of primary amides is 2. The molecule has 0 radical (unpaired) electrons. The summed E-state index contributed by atoms with van der Waals surface area (Å²) >= 11 is 0. The summed E-state index contributed by atoms with van der Waals surface area (Å²) in [6.07, 6.45) is 1.75. The third-order valence-electron chi connectivity index (χ3n) is 2.78. The predicted octanol–water partition coefficient (Wildman–Crippen LogP) is -0.419. The summed E-state index contributed by atoms with van der Waals surface area (Å²) < 4.78 is 0. The molecular formula is C13H14N4O3. The van der Waals surface area contributed by atoms with Crippen molar-refractivity contribution in [2.75, 3.05) is 13.1 Å². The van der Waals surface area contributed by atoms with Crippen molar-refractivity contribution in [3.05, 3.63) is 36.0 Å². The van der Waals surface area contributed by atoms with E-state index in [-0.39, 0.29) is 13.1 Å². The van der Waals surface area contributed by atoms with Gasteiger partial charge in [0, 0.05) is 17.3 Å². The molecule has 2 rings (SSSR count). The van der Waals surface area contributed by atoms with E-state index in [4.69, 9.17) is 11.5 Å². The van der Waals surface area contributed by atoms with Crippen LogP contribution in [0.2, 0.25) is 0 Å². The number of fused-ring (bicyclic) bond motifs is 1. The van der Waals surface area contributed by atoms with E-state index < -0.39 is 17.7 Å². The number of carbonyl (C=O) groups excluding carboxylic acids is 3. The standard InChI is InChI=1S/C13H14N4O3/c14-11(18)6-17(7-12(15)19)13(20)9-2-1-8-3-4-16-10(8)5-9/h1-5,16H,6-7H2,(H2,14,18)(H2,15,19). The third-order valence-corrected chi connectivity index (χ3v) is 2.78. The fourth-order valence-corrected chi connectivity index (χ4v) is 1.94. The summed E-state index contributed by atoms with van der Waals surface area (Å²) in [5.41, 5.74) is 11.3. The molecule has 1 aromatic heterocycles. The minimum Gasteiger partial charge on any atom is -0.368 e. The molecular weight excluding hydrogens is 260 g/mol. The van der Waals surface area contributed by atoms with Gasteiger partial charge in [-0.2, -0.15) is 0 Å². The monoisotopic (exact) mass is 274 g/mol. The van der Waals surface area contributed by atoms with Gasteiger partial charge in [-0.1, -0.05) is 6.07 Å². The van der Waals surface area contributed by atoms with E-state index in [1.54, 1.807) is 24.4 Å². The fraction of sp³-hybridized carbons (Fsp3) is 0.154. The Labute approximate surface area is 114 Å². The number of aromatic nitrogens is 1. The van der Waals surface area contributed by atoms with E-state index in [1.807, 2.05) is 6.07 Å². The van der Waals surface area contributed by atoms with E-state index in [2.05, 4.69) is 4.98 Å². The highest BCUT2D eigenvalue weighted by atomic mass is 16.2. The van der Waals surface area contributed by atoms with Crippen LogP contribution in [0.15, 0.2) is 30.5 Å². The van der Waals surface area contributed by atoms with Crippen LogP contribution in [0.3, 0.4) is 0 Å². The Hall–Kier alpha value is -2.83. The van der Waals surface area contributed by atoms with Gasteiger partial charge in [0.1, 0.15) is 13.1 Å². The molecule has 0 bridgehead atoms. The highest BCUT2D eigenvalue weighted by Gasteiger charge is 2.19. The minimum atomic E-state index is -0.708. The predicted molar refractivity (Wildman–Crippen MR) is 72.6 cm³/mol. The van der Waals surface area contributed by atoms with Gasteiger partial charge in [0.15, 0.2) is 0 Å². The first-order valence-electron chi connectivity index (χ1n) is 5.90.